The maximum Gasteiger partial charge on any atom is 0.0811 e. The quantitative estimate of drug-likeness (QED) is 0.670. The monoisotopic (exact) mass is 356 g/mol. The molecule has 2 heteroatoms. The SMILES string of the molecule is C=CC(C)(C)[C@H]1CC[C@H]2/C(=C/C=C3/C[C@@H](O)C[C@H](O)C3=C)CCC[C@]12C. The molecule has 0 radical (unpaired) electrons. The zero-order valence-corrected chi connectivity index (χ0v) is 16.8. The van der Waals surface area contributed by atoms with Gasteiger partial charge in [0.25, 0.3) is 0 Å². The van der Waals surface area contributed by atoms with Gasteiger partial charge in [-0.05, 0) is 72.3 Å². The van der Waals surface area contributed by atoms with Crippen LogP contribution in [-0.4, -0.2) is 22.4 Å². The van der Waals surface area contributed by atoms with Crippen LogP contribution >= 0.6 is 0 Å². The van der Waals surface area contributed by atoms with Gasteiger partial charge in [0.05, 0.1) is 12.2 Å². The van der Waals surface area contributed by atoms with Crippen LogP contribution in [0, 0.1) is 22.7 Å². The van der Waals surface area contributed by atoms with E-state index in [4.69, 9.17) is 0 Å². The molecule has 3 aliphatic carbocycles. The number of rotatable bonds is 3. The van der Waals surface area contributed by atoms with Crippen LogP contribution in [0.15, 0.2) is 48.1 Å². The molecule has 2 nitrogen and oxygen atoms in total. The van der Waals surface area contributed by atoms with Crippen LogP contribution < -0.4 is 0 Å². The van der Waals surface area contributed by atoms with Crippen molar-refractivity contribution in [2.24, 2.45) is 22.7 Å². The van der Waals surface area contributed by atoms with E-state index in [9.17, 15) is 10.2 Å². The van der Waals surface area contributed by atoms with Gasteiger partial charge in [0.2, 0.25) is 0 Å². The van der Waals surface area contributed by atoms with Crippen molar-refractivity contribution in [2.75, 3.05) is 0 Å². The molecule has 0 aromatic heterocycles. The highest BCUT2D eigenvalue weighted by atomic mass is 16.3. The molecule has 0 bridgehead atoms. The van der Waals surface area contributed by atoms with E-state index in [1.807, 2.05) is 0 Å². The smallest absolute Gasteiger partial charge is 0.0811 e. The maximum absolute atomic E-state index is 10.1. The Bertz CT molecular complexity index is 639. The summed E-state index contributed by atoms with van der Waals surface area (Å²) in [6, 6.07) is 0. The van der Waals surface area contributed by atoms with Crippen molar-refractivity contribution in [3.63, 3.8) is 0 Å². The van der Waals surface area contributed by atoms with Gasteiger partial charge >= 0.3 is 0 Å². The zero-order chi connectivity index (χ0) is 19.1. The lowest BCUT2D eigenvalue weighted by molar-refractivity contribution is 0.0719. The number of aliphatic hydroxyl groups is 2. The molecule has 3 fully saturated rings. The van der Waals surface area contributed by atoms with Crippen molar-refractivity contribution in [3.8, 4) is 0 Å². The lowest BCUT2D eigenvalue weighted by atomic mass is 9.58. The summed E-state index contributed by atoms with van der Waals surface area (Å²) in [5, 5.41) is 20.0. The first kappa shape index (κ1) is 19.6. The van der Waals surface area contributed by atoms with Crippen LogP contribution in [0.1, 0.15) is 65.7 Å². The van der Waals surface area contributed by atoms with Gasteiger partial charge < -0.3 is 10.2 Å². The van der Waals surface area contributed by atoms with Crippen molar-refractivity contribution in [1.82, 2.24) is 0 Å². The molecule has 0 aromatic carbocycles. The average molecular weight is 357 g/mol. The van der Waals surface area contributed by atoms with E-state index >= 15 is 0 Å². The number of aliphatic hydroxyl groups excluding tert-OH is 2. The van der Waals surface area contributed by atoms with Gasteiger partial charge in [-0.2, -0.15) is 0 Å². The topological polar surface area (TPSA) is 40.5 Å². The fourth-order valence-electron chi connectivity index (χ4n) is 6.07. The van der Waals surface area contributed by atoms with Gasteiger partial charge in [0.15, 0.2) is 0 Å². The Morgan fingerprint density at radius 2 is 1.92 bits per heavy atom. The lowest BCUT2D eigenvalue weighted by Crippen LogP contribution is -2.39. The first-order valence-corrected chi connectivity index (χ1v) is 10.3. The molecule has 26 heavy (non-hydrogen) atoms. The molecule has 0 spiro atoms. The van der Waals surface area contributed by atoms with Crippen molar-refractivity contribution in [2.45, 2.75) is 77.9 Å². The molecule has 5 atom stereocenters. The molecule has 3 aliphatic rings. The summed E-state index contributed by atoms with van der Waals surface area (Å²) in [5.41, 5.74) is 3.87. The summed E-state index contributed by atoms with van der Waals surface area (Å²) in [5.74, 6) is 1.33. The maximum atomic E-state index is 10.1. The number of allylic oxidation sites excluding steroid dienone is 4. The van der Waals surface area contributed by atoms with E-state index < -0.39 is 12.2 Å². The third-order valence-electron chi connectivity index (χ3n) is 7.65. The highest BCUT2D eigenvalue weighted by Gasteiger charge is 2.53. The van der Waals surface area contributed by atoms with Gasteiger partial charge in [-0.25, -0.2) is 0 Å². The van der Waals surface area contributed by atoms with E-state index in [0.29, 0.717) is 30.1 Å². The van der Waals surface area contributed by atoms with Crippen molar-refractivity contribution in [1.29, 1.82) is 0 Å². The van der Waals surface area contributed by atoms with E-state index in [0.717, 1.165) is 11.1 Å². The number of hydrogen-bond acceptors (Lipinski definition) is 2. The van der Waals surface area contributed by atoms with Crippen LogP contribution in [0.3, 0.4) is 0 Å². The van der Waals surface area contributed by atoms with E-state index in [1.165, 1.54) is 32.1 Å². The minimum absolute atomic E-state index is 0.177. The van der Waals surface area contributed by atoms with Crippen molar-refractivity contribution in [3.05, 3.63) is 48.1 Å². The molecular weight excluding hydrogens is 320 g/mol. The second kappa shape index (κ2) is 7.13. The van der Waals surface area contributed by atoms with Crippen LogP contribution in [-0.2, 0) is 0 Å². The zero-order valence-electron chi connectivity index (χ0n) is 16.8. The van der Waals surface area contributed by atoms with Crippen LogP contribution in [0.5, 0.6) is 0 Å². The molecule has 0 aromatic rings. The normalized spacial score (nSPS) is 41.5. The van der Waals surface area contributed by atoms with E-state index in [2.05, 4.69) is 52.2 Å². The third-order valence-corrected chi connectivity index (χ3v) is 7.65. The molecule has 0 saturated heterocycles. The predicted octanol–water partition coefficient (Wildman–Crippen LogP) is 5.34. The van der Waals surface area contributed by atoms with Gasteiger partial charge in [0, 0.05) is 6.42 Å². The first-order valence-electron chi connectivity index (χ1n) is 10.3. The summed E-state index contributed by atoms with van der Waals surface area (Å²) in [6.07, 6.45) is 12.8. The number of hydrogen-bond donors (Lipinski definition) is 2. The molecule has 3 rings (SSSR count). The molecule has 2 N–H and O–H groups in total. The average Bonchev–Trinajstić information content (AvgIpc) is 2.95. The first-order chi connectivity index (χ1) is 12.2. The van der Waals surface area contributed by atoms with Crippen LogP contribution in [0.4, 0.5) is 0 Å². The van der Waals surface area contributed by atoms with Crippen LogP contribution in [0.2, 0.25) is 0 Å². The van der Waals surface area contributed by atoms with Gasteiger partial charge in [-0.1, -0.05) is 51.2 Å². The summed E-state index contributed by atoms with van der Waals surface area (Å²) >= 11 is 0. The molecular formula is C24H36O2. The Kier molecular flexibility index (Phi) is 5.38. The summed E-state index contributed by atoms with van der Waals surface area (Å²) in [7, 11) is 0. The second-order valence-corrected chi connectivity index (χ2v) is 9.64. The Morgan fingerprint density at radius 1 is 1.19 bits per heavy atom. The predicted molar refractivity (Wildman–Crippen MR) is 109 cm³/mol. The van der Waals surface area contributed by atoms with Gasteiger partial charge in [-0.15, -0.1) is 6.58 Å². The Morgan fingerprint density at radius 3 is 2.62 bits per heavy atom. The van der Waals surface area contributed by atoms with Crippen LogP contribution in [0.25, 0.3) is 0 Å². The molecule has 0 heterocycles. The van der Waals surface area contributed by atoms with E-state index in [-0.39, 0.29) is 5.41 Å². The fourth-order valence-corrected chi connectivity index (χ4v) is 6.07. The number of fused-ring (bicyclic) bond motifs is 1. The third kappa shape index (κ3) is 3.39. The van der Waals surface area contributed by atoms with E-state index in [1.54, 1.807) is 5.57 Å². The summed E-state index contributed by atoms with van der Waals surface area (Å²) < 4.78 is 0. The molecule has 144 valence electrons. The standard InChI is InChI=1S/C24H36O2/c1-6-23(3,4)22-12-11-20-17(8-7-13-24(20,22)5)9-10-18-14-19(25)15-21(26)16(18)2/h6,9-10,19-22,25-26H,1-2,7-8,11-15H2,3-5H3/b17-9+,18-10-/t19-,20+,21+,22-,24+/m1/s1. The summed E-state index contributed by atoms with van der Waals surface area (Å²) in [4.78, 5) is 0. The van der Waals surface area contributed by atoms with Gasteiger partial charge in [0.1, 0.15) is 0 Å². The summed E-state index contributed by atoms with van der Waals surface area (Å²) in [6.45, 7) is 15.3. The Labute approximate surface area is 159 Å². The second-order valence-electron chi connectivity index (χ2n) is 9.64. The fraction of sp³-hybridized carbons (Fsp3) is 0.667. The highest BCUT2D eigenvalue weighted by Crippen LogP contribution is 2.62. The molecule has 0 unspecified atom stereocenters. The Hall–Kier alpha value is -1.12. The minimum Gasteiger partial charge on any atom is -0.393 e. The minimum atomic E-state index is -0.607. The van der Waals surface area contributed by atoms with Crippen molar-refractivity contribution >= 4 is 0 Å². The molecule has 0 amide bonds. The molecule has 0 aliphatic heterocycles. The van der Waals surface area contributed by atoms with Crippen molar-refractivity contribution < 1.29 is 10.2 Å². The molecule has 3 saturated carbocycles. The largest absolute Gasteiger partial charge is 0.393 e. The lowest BCUT2D eigenvalue weighted by Gasteiger charge is -2.47. The Balaban J connectivity index is 1.86. The van der Waals surface area contributed by atoms with Gasteiger partial charge in [-0.3, -0.25) is 0 Å². The highest BCUT2D eigenvalue weighted by molar-refractivity contribution is 5.38.